The quantitative estimate of drug-likeness (QED) is 0.530. The van der Waals surface area contributed by atoms with Gasteiger partial charge < -0.3 is 19.7 Å². The summed E-state index contributed by atoms with van der Waals surface area (Å²) >= 11 is 0. The molecular weight excluding hydrogens is 446 g/mol. The Balaban J connectivity index is 1.32. The third kappa shape index (κ3) is 5.60. The minimum absolute atomic E-state index is 0.0772. The second-order valence-corrected chi connectivity index (χ2v) is 8.38. The van der Waals surface area contributed by atoms with Crippen molar-refractivity contribution in [3.8, 4) is 5.75 Å². The SMILES string of the molecule is COc1ccccc1C(=O)Nc1ccc(NC(=O)OC2CC(=O)N(c3cc(C)ccc3C)C2)cc1. The van der Waals surface area contributed by atoms with Crippen molar-refractivity contribution in [2.75, 3.05) is 29.2 Å². The summed E-state index contributed by atoms with van der Waals surface area (Å²) in [5.41, 5.74) is 4.37. The van der Waals surface area contributed by atoms with Crippen LogP contribution < -0.4 is 20.3 Å². The van der Waals surface area contributed by atoms with Crippen molar-refractivity contribution >= 4 is 35.0 Å². The number of ether oxygens (including phenoxy) is 2. The first-order valence-electron chi connectivity index (χ1n) is 11.2. The molecule has 1 atom stereocenters. The summed E-state index contributed by atoms with van der Waals surface area (Å²) in [6, 6.07) is 19.5. The van der Waals surface area contributed by atoms with Gasteiger partial charge in [-0.25, -0.2) is 4.79 Å². The zero-order valence-corrected chi connectivity index (χ0v) is 19.8. The topological polar surface area (TPSA) is 97.0 Å². The minimum atomic E-state index is -0.642. The molecule has 1 aliphatic heterocycles. The van der Waals surface area contributed by atoms with Crippen LogP contribution in [0.4, 0.5) is 21.9 Å². The summed E-state index contributed by atoms with van der Waals surface area (Å²) in [5, 5.41) is 5.47. The van der Waals surface area contributed by atoms with E-state index in [2.05, 4.69) is 10.6 Å². The van der Waals surface area contributed by atoms with E-state index in [0.29, 0.717) is 29.2 Å². The number of anilines is 3. The van der Waals surface area contributed by atoms with Crippen molar-refractivity contribution in [3.63, 3.8) is 0 Å². The number of carbonyl (C=O) groups is 3. The summed E-state index contributed by atoms with van der Waals surface area (Å²) in [5.74, 6) is 0.0982. The van der Waals surface area contributed by atoms with E-state index in [1.54, 1.807) is 53.4 Å². The van der Waals surface area contributed by atoms with Crippen LogP contribution in [0.2, 0.25) is 0 Å². The molecule has 2 N–H and O–H groups in total. The maximum atomic E-state index is 12.5. The number of carbonyl (C=O) groups excluding carboxylic acids is 3. The number of hydrogen-bond acceptors (Lipinski definition) is 5. The average Bonchev–Trinajstić information content (AvgIpc) is 3.21. The molecule has 0 radical (unpaired) electrons. The van der Waals surface area contributed by atoms with E-state index < -0.39 is 12.2 Å². The monoisotopic (exact) mass is 473 g/mol. The number of nitrogens with one attached hydrogen (secondary N) is 2. The lowest BCUT2D eigenvalue weighted by molar-refractivity contribution is -0.117. The van der Waals surface area contributed by atoms with Gasteiger partial charge in [-0.15, -0.1) is 0 Å². The number of methoxy groups -OCH3 is 1. The van der Waals surface area contributed by atoms with Gasteiger partial charge >= 0.3 is 6.09 Å². The van der Waals surface area contributed by atoms with Crippen molar-refractivity contribution in [3.05, 3.63) is 83.4 Å². The van der Waals surface area contributed by atoms with E-state index in [0.717, 1.165) is 16.8 Å². The third-order valence-electron chi connectivity index (χ3n) is 5.76. The molecule has 180 valence electrons. The van der Waals surface area contributed by atoms with Gasteiger partial charge in [0.05, 0.1) is 25.6 Å². The third-order valence-corrected chi connectivity index (χ3v) is 5.76. The molecule has 0 saturated carbocycles. The Morgan fingerprint density at radius 2 is 1.63 bits per heavy atom. The maximum absolute atomic E-state index is 12.5. The molecule has 1 heterocycles. The van der Waals surface area contributed by atoms with Gasteiger partial charge in [-0.2, -0.15) is 0 Å². The zero-order valence-electron chi connectivity index (χ0n) is 19.8. The molecule has 3 aromatic carbocycles. The fraction of sp³-hybridized carbons (Fsp3) is 0.222. The molecule has 8 nitrogen and oxygen atoms in total. The van der Waals surface area contributed by atoms with E-state index in [-0.39, 0.29) is 18.2 Å². The molecule has 8 heteroatoms. The van der Waals surface area contributed by atoms with Crippen molar-refractivity contribution in [1.29, 1.82) is 0 Å². The summed E-state index contributed by atoms with van der Waals surface area (Å²) in [6.45, 7) is 4.23. The molecule has 0 aromatic heterocycles. The lowest BCUT2D eigenvalue weighted by Gasteiger charge is -2.19. The second-order valence-electron chi connectivity index (χ2n) is 8.38. The number of amides is 3. The zero-order chi connectivity index (χ0) is 24.9. The first kappa shape index (κ1) is 23.8. The van der Waals surface area contributed by atoms with Gasteiger partial charge in [-0.3, -0.25) is 14.9 Å². The predicted molar refractivity (Wildman–Crippen MR) is 134 cm³/mol. The largest absolute Gasteiger partial charge is 0.496 e. The number of hydrogen-bond donors (Lipinski definition) is 2. The van der Waals surface area contributed by atoms with Crippen LogP contribution in [0.1, 0.15) is 27.9 Å². The van der Waals surface area contributed by atoms with Gasteiger partial charge in [0.1, 0.15) is 11.9 Å². The Bertz CT molecular complexity index is 1260. The number of benzene rings is 3. The number of nitrogens with zero attached hydrogens (tertiary/aromatic N) is 1. The van der Waals surface area contributed by atoms with Crippen LogP contribution in [0.3, 0.4) is 0 Å². The molecule has 0 spiro atoms. The Kier molecular flexibility index (Phi) is 7.01. The molecule has 1 unspecified atom stereocenters. The number of aryl methyl sites for hydroxylation is 2. The fourth-order valence-corrected chi connectivity index (χ4v) is 3.96. The Labute approximate surface area is 203 Å². The van der Waals surface area contributed by atoms with Crippen LogP contribution >= 0.6 is 0 Å². The first-order chi connectivity index (χ1) is 16.8. The highest BCUT2D eigenvalue weighted by molar-refractivity contribution is 6.06. The highest BCUT2D eigenvalue weighted by atomic mass is 16.6. The predicted octanol–water partition coefficient (Wildman–Crippen LogP) is 4.92. The van der Waals surface area contributed by atoms with Gasteiger partial charge in [0.2, 0.25) is 5.91 Å². The molecule has 1 aliphatic rings. The summed E-state index contributed by atoms with van der Waals surface area (Å²) in [6.07, 6.45) is -1.05. The summed E-state index contributed by atoms with van der Waals surface area (Å²) < 4.78 is 10.7. The molecule has 0 bridgehead atoms. The van der Waals surface area contributed by atoms with Gasteiger partial charge in [0.15, 0.2) is 0 Å². The molecule has 35 heavy (non-hydrogen) atoms. The highest BCUT2D eigenvalue weighted by Gasteiger charge is 2.34. The fourth-order valence-electron chi connectivity index (χ4n) is 3.96. The molecule has 4 rings (SSSR count). The van der Waals surface area contributed by atoms with E-state index in [1.807, 2.05) is 32.0 Å². The summed E-state index contributed by atoms with van der Waals surface area (Å²) in [4.78, 5) is 39.1. The molecule has 1 saturated heterocycles. The van der Waals surface area contributed by atoms with Crippen LogP contribution in [-0.2, 0) is 9.53 Å². The van der Waals surface area contributed by atoms with Gasteiger partial charge in [-0.1, -0.05) is 24.3 Å². The smallest absolute Gasteiger partial charge is 0.411 e. The lowest BCUT2D eigenvalue weighted by Crippen LogP contribution is -2.28. The van der Waals surface area contributed by atoms with Crippen molar-refractivity contribution < 1.29 is 23.9 Å². The van der Waals surface area contributed by atoms with E-state index >= 15 is 0 Å². The van der Waals surface area contributed by atoms with Crippen LogP contribution in [0, 0.1) is 13.8 Å². The summed E-state index contributed by atoms with van der Waals surface area (Å²) in [7, 11) is 1.51. The minimum Gasteiger partial charge on any atom is -0.496 e. The van der Waals surface area contributed by atoms with E-state index in [4.69, 9.17) is 9.47 Å². The van der Waals surface area contributed by atoms with Crippen LogP contribution in [0.15, 0.2) is 66.7 Å². The van der Waals surface area contributed by atoms with E-state index in [1.165, 1.54) is 7.11 Å². The van der Waals surface area contributed by atoms with Gasteiger partial charge in [-0.05, 0) is 67.4 Å². The molecule has 0 aliphatic carbocycles. The van der Waals surface area contributed by atoms with Crippen molar-refractivity contribution in [2.45, 2.75) is 26.4 Å². The Hall–Kier alpha value is -4.33. The second kappa shape index (κ2) is 10.3. The van der Waals surface area contributed by atoms with E-state index in [9.17, 15) is 14.4 Å². The lowest BCUT2D eigenvalue weighted by atomic mass is 10.1. The van der Waals surface area contributed by atoms with Gasteiger partial charge in [0, 0.05) is 17.1 Å². The molecule has 3 aromatic rings. The normalized spacial score (nSPS) is 15.0. The Morgan fingerprint density at radius 3 is 2.34 bits per heavy atom. The van der Waals surface area contributed by atoms with Crippen LogP contribution in [0.25, 0.3) is 0 Å². The van der Waals surface area contributed by atoms with Gasteiger partial charge in [0.25, 0.3) is 5.91 Å². The first-order valence-corrected chi connectivity index (χ1v) is 11.2. The number of para-hydroxylation sites is 1. The standard InChI is InChI=1S/C27H27N3O5/c1-17-8-9-18(2)23(14-17)30-16-21(15-25(30)31)35-27(33)29-20-12-10-19(11-13-20)28-26(32)22-6-4-5-7-24(22)34-3/h4-14,21H,15-16H2,1-3H3,(H,28,32)(H,29,33). The molecular formula is C27H27N3O5. The number of rotatable bonds is 6. The van der Waals surface area contributed by atoms with Crippen molar-refractivity contribution in [1.82, 2.24) is 0 Å². The highest BCUT2D eigenvalue weighted by Crippen LogP contribution is 2.28. The maximum Gasteiger partial charge on any atom is 0.411 e. The average molecular weight is 474 g/mol. The Morgan fingerprint density at radius 1 is 0.943 bits per heavy atom. The van der Waals surface area contributed by atoms with Crippen LogP contribution in [0.5, 0.6) is 5.75 Å². The molecule has 1 fully saturated rings. The van der Waals surface area contributed by atoms with Crippen LogP contribution in [-0.4, -0.2) is 37.7 Å². The van der Waals surface area contributed by atoms with Crippen molar-refractivity contribution in [2.24, 2.45) is 0 Å². The molecule has 3 amide bonds.